The molecule has 9 atom stereocenters. The summed E-state index contributed by atoms with van der Waals surface area (Å²) < 4.78 is 5.76. The van der Waals surface area contributed by atoms with E-state index in [4.69, 9.17) is 4.74 Å². The smallest absolute Gasteiger partial charge is 0.0608 e. The van der Waals surface area contributed by atoms with Crippen molar-refractivity contribution < 1.29 is 4.74 Å². The Balaban J connectivity index is 0.00000149. The number of hydrogen-bond acceptors (Lipinski definition) is 1. The van der Waals surface area contributed by atoms with Gasteiger partial charge in [0.1, 0.15) is 0 Å². The molecule has 0 aromatic carbocycles. The molecule has 0 N–H and O–H groups in total. The molecule has 0 bridgehead atoms. The van der Waals surface area contributed by atoms with E-state index in [1.54, 1.807) is 5.57 Å². The molecule has 0 aromatic rings. The van der Waals surface area contributed by atoms with Crippen LogP contribution in [-0.2, 0) is 4.74 Å². The normalized spacial score (nSPS) is 42.0. The van der Waals surface area contributed by atoms with Gasteiger partial charge in [0.25, 0.3) is 0 Å². The first-order chi connectivity index (χ1) is 15.7. The second-order valence-corrected chi connectivity index (χ2v) is 12.6. The summed E-state index contributed by atoms with van der Waals surface area (Å²) in [6.45, 7) is 18.9. The van der Waals surface area contributed by atoms with Crippen LogP contribution in [-0.4, -0.2) is 13.2 Å². The van der Waals surface area contributed by atoms with Gasteiger partial charge in [0.05, 0.1) is 6.10 Å². The van der Waals surface area contributed by atoms with Crippen LogP contribution in [0.1, 0.15) is 113 Å². The summed E-state index contributed by atoms with van der Waals surface area (Å²) in [5, 5.41) is 0. The SMILES string of the molecule is CC.CCC(/C=C/C(C)C1CCC2C3CC=C4CC(OC)CCC4(C)C3CCC12C)C(C)C. The summed E-state index contributed by atoms with van der Waals surface area (Å²) in [7, 11) is 1.91. The van der Waals surface area contributed by atoms with Crippen LogP contribution in [0.3, 0.4) is 0 Å². The molecular weight excluding hydrogens is 400 g/mol. The fraction of sp³-hybridized carbons (Fsp3) is 0.875. The lowest BCUT2D eigenvalue weighted by molar-refractivity contribution is -0.0572. The van der Waals surface area contributed by atoms with Crippen LogP contribution in [0.5, 0.6) is 0 Å². The van der Waals surface area contributed by atoms with E-state index in [9.17, 15) is 0 Å². The molecule has 0 heterocycles. The number of fused-ring (bicyclic) bond motifs is 5. The summed E-state index contributed by atoms with van der Waals surface area (Å²) in [6, 6.07) is 0. The maximum atomic E-state index is 5.76. The van der Waals surface area contributed by atoms with Crippen LogP contribution in [0.25, 0.3) is 0 Å². The summed E-state index contributed by atoms with van der Waals surface area (Å²) in [5.74, 6) is 5.88. The minimum absolute atomic E-state index is 0.453. The Labute approximate surface area is 207 Å². The Morgan fingerprint density at radius 3 is 2.36 bits per heavy atom. The molecule has 1 nitrogen and oxygen atoms in total. The molecule has 190 valence electrons. The van der Waals surface area contributed by atoms with E-state index in [1.807, 2.05) is 21.0 Å². The first-order valence-corrected chi connectivity index (χ1v) is 14.6. The van der Waals surface area contributed by atoms with Gasteiger partial charge in [0.2, 0.25) is 0 Å². The fourth-order valence-corrected chi connectivity index (χ4v) is 9.01. The molecule has 0 radical (unpaired) electrons. The van der Waals surface area contributed by atoms with E-state index in [2.05, 4.69) is 59.8 Å². The van der Waals surface area contributed by atoms with Crippen LogP contribution in [0, 0.1) is 52.3 Å². The van der Waals surface area contributed by atoms with Crippen molar-refractivity contribution in [1.29, 1.82) is 0 Å². The lowest BCUT2D eigenvalue weighted by Crippen LogP contribution is -2.50. The quantitative estimate of drug-likeness (QED) is 0.361. The molecule has 4 aliphatic carbocycles. The van der Waals surface area contributed by atoms with E-state index >= 15 is 0 Å². The third-order valence-electron chi connectivity index (χ3n) is 11.1. The van der Waals surface area contributed by atoms with Gasteiger partial charge < -0.3 is 4.74 Å². The molecule has 0 spiro atoms. The van der Waals surface area contributed by atoms with Crippen molar-refractivity contribution in [2.24, 2.45) is 52.3 Å². The molecule has 0 saturated heterocycles. The van der Waals surface area contributed by atoms with Crippen molar-refractivity contribution in [1.82, 2.24) is 0 Å². The molecule has 3 saturated carbocycles. The monoisotopic (exact) mass is 456 g/mol. The molecule has 1 heteroatoms. The maximum absolute atomic E-state index is 5.76. The Hall–Kier alpha value is -0.560. The number of allylic oxidation sites excluding steroid dienone is 3. The van der Waals surface area contributed by atoms with Gasteiger partial charge in [-0.15, -0.1) is 0 Å². The molecule has 4 rings (SSSR count). The first kappa shape index (κ1) is 27.0. The molecule has 4 aliphatic rings. The standard InChI is InChI=1S/C30H50O.C2H6/c1-8-22(20(2)3)10-9-21(4)26-13-14-27-25-12-11-23-19-24(31-7)15-17-29(23,5)28(25)16-18-30(26,27)6;1-2/h9-11,20-22,24-28H,8,12-19H2,1-7H3;1-2H3/b10-9+;. The predicted molar refractivity (Wildman–Crippen MR) is 144 cm³/mol. The highest BCUT2D eigenvalue weighted by atomic mass is 16.5. The van der Waals surface area contributed by atoms with Crippen LogP contribution in [0.15, 0.2) is 23.8 Å². The topological polar surface area (TPSA) is 9.23 Å². The lowest BCUT2D eigenvalue weighted by atomic mass is 9.47. The van der Waals surface area contributed by atoms with Gasteiger partial charge in [-0.05, 0) is 110 Å². The fourth-order valence-electron chi connectivity index (χ4n) is 9.01. The lowest BCUT2D eigenvalue weighted by Gasteiger charge is -2.58. The maximum Gasteiger partial charge on any atom is 0.0608 e. The molecule has 3 fully saturated rings. The van der Waals surface area contributed by atoms with E-state index in [0.29, 0.717) is 16.9 Å². The number of ether oxygens (including phenoxy) is 1. The number of hydrogen-bond donors (Lipinski definition) is 0. The zero-order chi connectivity index (χ0) is 24.4. The summed E-state index contributed by atoms with van der Waals surface area (Å²) in [5.41, 5.74) is 2.75. The molecule has 0 amide bonds. The first-order valence-electron chi connectivity index (χ1n) is 14.6. The molecular formula is C32H56O. The van der Waals surface area contributed by atoms with Crippen molar-refractivity contribution in [2.75, 3.05) is 7.11 Å². The highest BCUT2D eigenvalue weighted by molar-refractivity contribution is 5.25. The average Bonchev–Trinajstić information content (AvgIpc) is 3.17. The Morgan fingerprint density at radius 1 is 1.00 bits per heavy atom. The summed E-state index contributed by atoms with van der Waals surface area (Å²) in [6.07, 6.45) is 20.6. The minimum atomic E-state index is 0.453. The molecule has 33 heavy (non-hydrogen) atoms. The third kappa shape index (κ3) is 4.92. The number of methoxy groups -OCH3 is 1. The minimum Gasteiger partial charge on any atom is -0.381 e. The van der Waals surface area contributed by atoms with Crippen molar-refractivity contribution in [3.63, 3.8) is 0 Å². The molecule has 0 aliphatic heterocycles. The van der Waals surface area contributed by atoms with Crippen molar-refractivity contribution in [3.8, 4) is 0 Å². The second kappa shape index (κ2) is 11.0. The molecule has 0 aromatic heterocycles. The van der Waals surface area contributed by atoms with Gasteiger partial charge in [0.15, 0.2) is 0 Å². The van der Waals surface area contributed by atoms with Crippen molar-refractivity contribution in [3.05, 3.63) is 23.8 Å². The summed E-state index contributed by atoms with van der Waals surface area (Å²) in [4.78, 5) is 0. The molecule has 9 unspecified atom stereocenters. The van der Waals surface area contributed by atoms with E-state index in [0.717, 1.165) is 41.4 Å². The zero-order valence-corrected chi connectivity index (χ0v) is 23.6. The van der Waals surface area contributed by atoms with Gasteiger partial charge in [-0.25, -0.2) is 0 Å². The third-order valence-corrected chi connectivity index (χ3v) is 11.1. The highest BCUT2D eigenvalue weighted by Gasteiger charge is 2.59. The van der Waals surface area contributed by atoms with Gasteiger partial charge in [0, 0.05) is 7.11 Å². The van der Waals surface area contributed by atoms with Crippen molar-refractivity contribution >= 4 is 0 Å². The zero-order valence-electron chi connectivity index (χ0n) is 23.6. The Kier molecular flexibility index (Phi) is 9.02. The second-order valence-electron chi connectivity index (χ2n) is 12.6. The van der Waals surface area contributed by atoms with E-state index in [-0.39, 0.29) is 0 Å². The Bertz CT molecular complexity index is 689. The van der Waals surface area contributed by atoms with Crippen LogP contribution < -0.4 is 0 Å². The van der Waals surface area contributed by atoms with Crippen molar-refractivity contribution in [2.45, 2.75) is 119 Å². The largest absolute Gasteiger partial charge is 0.381 e. The van der Waals surface area contributed by atoms with Crippen LogP contribution in [0.4, 0.5) is 0 Å². The Morgan fingerprint density at radius 2 is 1.73 bits per heavy atom. The summed E-state index contributed by atoms with van der Waals surface area (Å²) >= 11 is 0. The van der Waals surface area contributed by atoms with Crippen LogP contribution in [0.2, 0.25) is 0 Å². The van der Waals surface area contributed by atoms with Gasteiger partial charge in [-0.2, -0.15) is 0 Å². The van der Waals surface area contributed by atoms with E-state index < -0.39 is 0 Å². The highest BCUT2D eigenvalue weighted by Crippen LogP contribution is 2.67. The van der Waals surface area contributed by atoms with E-state index in [1.165, 1.54) is 57.8 Å². The predicted octanol–water partition coefficient (Wildman–Crippen LogP) is 9.48. The number of rotatable bonds is 6. The average molecular weight is 457 g/mol. The van der Waals surface area contributed by atoms with Gasteiger partial charge in [-0.3, -0.25) is 0 Å². The van der Waals surface area contributed by atoms with Gasteiger partial charge >= 0.3 is 0 Å². The van der Waals surface area contributed by atoms with Crippen LogP contribution >= 0.6 is 0 Å². The van der Waals surface area contributed by atoms with Gasteiger partial charge in [-0.1, -0.05) is 79.2 Å².